The Morgan fingerprint density at radius 3 is 2.20 bits per heavy atom. The van der Waals surface area contributed by atoms with Crippen molar-refractivity contribution in [2.24, 2.45) is 5.92 Å². The highest BCUT2D eigenvalue weighted by Crippen LogP contribution is 2.02. The average molecular weight is 239 g/mol. The Morgan fingerprint density at radius 2 is 1.87 bits per heavy atom. The average Bonchev–Trinajstić information content (AvgIpc) is 2.13. The number of esters is 1. The maximum Gasteiger partial charge on any atom is 0.328 e. The third kappa shape index (κ3) is 6.30. The molecule has 0 aromatic heterocycles. The number of carbonyl (C=O) groups is 2. The first-order valence-electron chi connectivity index (χ1n) is 4.54. The topological polar surface area (TPSA) is 67.4 Å². The second-order valence-corrected chi connectivity index (χ2v) is 3.34. The number of amides is 1. The number of likely N-dealkylation sites (N-methyl/N-ethyl adjacent to an activating group) is 1. The zero-order valence-electron chi connectivity index (χ0n) is 9.49. The van der Waals surface area contributed by atoms with Gasteiger partial charge in [-0.3, -0.25) is 4.79 Å². The molecule has 1 atom stereocenters. The van der Waals surface area contributed by atoms with Crippen LogP contribution < -0.4 is 10.6 Å². The molecule has 15 heavy (non-hydrogen) atoms. The van der Waals surface area contributed by atoms with Crippen molar-refractivity contribution in [1.82, 2.24) is 10.6 Å². The van der Waals surface area contributed by atoms with E-state index in [9.17, 15) is 9.59 Å². The number of hydrogen-bond donors (Lipinski definition) is 2. The third-order valence-corrected chi connectivity index (χ3v) is 1.78. The SMILES string of the molecule is CNCC(=O)NC(C(=O)OC)C(C)C.Cl. The predicted octanol–water partition coefficient (Wildman–Crippen LogP) is -0.0586. The normalized spacial score (nSPS) is 11.5. The molecule has 1 amide bonds. The van der Waals surface area contributed by atoms with E-state index in [-0.39, 0.29) is 30.8 Å². The van der Waals surface area contributed by atoms with E-state index >= 15 is 0 Å². The van der Waals surface area contributed by atoms with Crippen molar-refractivity contribution in [1.29, 1.82) is 0 Å². The maximum atomic E-state index is 11.2. The van der Waals surface area contributed by atoms with E-state index in [1.165, 1.54) is 7.11 Å². The van der Waals surface area contributed by atoms with Gasteiger partial charge in [-0.25, -0.2) is 4.79 Å². The highest BCUT2D eigenvalue weighted by Gasteiger charge is 2.24. The fourth-order valence-corrected chi connectivity index (χ4v) is 1.01. The molecule has 5 nitrogen and oxygen atoms in total. The number of nitrogens with one attached hydrogen (secondary N) is 2. The molecule has 0 spiro atoms. The van der Waals surface area contributed by atoms with Gasteiger partial charge in [0.2, 0.25) is 5.91 Å². The van der Waals surface area contributed by atoms with Gasteiger partial charge in [0.15, 0.2) is 0 Å². The third-order valence-electron chi connectivity index (χ3n) is 1.78. The van der Waals surface area contributed by atoms with Crippen LogP contribution in [0, 0.1) is 5.92 Å². The van der Waals surface area contributed by atoms with Gasteiger partial charge in [-0.05, 0) is 13.0 Å². The predicted molar refractivity (Wildman–Crippen MR) is 60.0 cm³/mol. The molecule has 0 aliphatic carbocycles. The van der Waals surface area contributed by atoms with Crippen molar-refractivity contribution in [3.8, 4) is 0 Å². The van der Waals surface area contributed by atoms with Gasteiger partial charge in [-0.1, -0.05) is 13.8 Å². The molecule has 6 heteroatoms. The first-order valence-corrected chi connectivity index (χ1v) is 4.54. The van der Waals surface area contributed by atoms with Gasteiger partial charge in [0.25, 0.3) is 0 Å². The van der Waals surface area contributed by atoms with E-state index in [4.69, 9.17) is 0 Å². The summed E-state index contributed by atoms with van der Waals surface area (Å²) in [6.45, 7) is 3.89. The zero-order chi connectivity index (χ0) is 11.1. The van der Waals surface area contributed by atoms with E-state index in [0.29, 0.717) is 0 Å². The Balaban J connectivity index is 0. The van der Waals surface area contributed by atoms with Crippen LogP contribution in [-0.2, 0) is 14.3 Å². The molecule has 0 heterocycles. The van der Waals surface area contributed by atoms with Gasteiger partial charge in [0, 0.05) is 0 Å². The van der Waals surface area contributed by atoms with E-state index < -0.39 is 12.0 Å². The number of carbonyl (C=O) groups excluding carboxylic acids is 2. The molecule has 0 bridgehead atoms. The number of ether oxygens (including phenoxy) is 1. The number of methoxy groups -OCH3 is 1. The lowest BCUT2D eigenvalue weighted by molar-refractivity contribution is -0.146. The Kier molecular flexibility index (Phi) is 9.41. The highest BCUT2D eigenvalue weighted by atomic mass is 35.5. The largest absolute Gasteiger partial charge is 0.467 e. The van der Waals surface area contributed by atoms with Crippen molar-refractivity contribution >= 4 is 24.3 Å². The molecule has 90 valence electrons. The maximum absolute atomic E-state index is 11.2. The standard InChI is InChI=1S/C9H18N2O3.ClH/c1-6(2)8(9(13)14-4)11-7(12)5-10-3;/h6,8,10H,5H2,1-4H3,(H,11,12);1H. The van der Waals surface area contributed by atoms with Gasteiger partial charge in [-0.15, -0.1) is 12.4 Å². The summed E-state index contributed by atoms with van der Waals surface area (Å²) in [5, 5.41) is 5.30. The zero-order valence-corrected chi connectivity index (χ0v) is 10.3. The Morgan fingerprint density at radius 1 is 1.33 bits per heavy atom. The fourth-order valence-electron chi connectivity index (χ4n) is 1.01. The van der Waals surface area contributed by atoms with Crippen molar-refractivity contribution < 1.29 is 14.3 Å². The van der Waals surface area contributed by atoms with Crippen LogP contribution in [0.5, 0.6) is 0 Å². The van der Waals surface area contributed by atoms with E-state index in [2.05, 4.69) is 15.4 Å². The van der Waals surface area contributed by atoms with E-state index in [1.807, 2.05) is 13.8 Å². The molecule has 2 N–H and O–H groups in total. The Labute approximate surface area is 96.3 Å². The fraction of sp³-hybridized carbons (Fsp3) is 0.778. The molecule has 0 saturated heterocycles. The van der Waals surface area contributed by atoms with Gasteiger partial charge in [0.1, 0.15) is 6.04 Å². The Bertz CT molecular complexity index is 210. The van der Waals surface area contributed by atoms with Gasteiger partial charge >= 0.3 is 5.97 Å². The first kappa shape index (κ1) is 16.6. The van der Waals surface area contributed by atoms with E-state index in [0.717, 1.165) is 0 Å². The van der Waals surface area contributed by atoms with Crippen LogP contribution in [0.15, 0.2) is 0 Å². The summed E-state index contributed by atoms with van der Waals surface area (Å²) in [5.74, 6) is -0.607. The van der Waals surface area contributed by atoms with Crippen molar-refractivity contribution in [2.75, 3.05) is 20.7 Å². The monoisotopic (exact) mass is 238 g/mol. The summed E-state index contributed by atoms with van der Waals surface area (Å²) >= 11 is 0. The summed E-state index contributed by atoms with van der Waals surface area (Å²) < 4.78 is 4.58. The van der Waals surface area contributed by atoms with Crippen molar-refractivity contribution in [3.63, 3.8) is 0 Å². The molecular weight excluding hydrogens is 220 g/mol. The van der Waals surface area contributed by atoms with Gasteiger partial charge in [-0.2, -0.15) is 0 Å². The first-order chi connectivity index (χ1) is 6.52. The summed E-state index contributed by atoms with van der Waals surface area (Å²) in [7, 11) is 2.98. The molecule has 0 fully saturated rings. The number of halogens is 1. The number of rotatable bonds is 5. The van der Waals surface area contributed by atoms with Crippen LogP contribution >= 0.6 is 12.4 Å². The summed E-state index contributed by atoms with van der Waals surface area (Å²) in [6, 6.07) is -0.569. The van der Waals surface area contributed by atoms with Gasteiger partial charge in [0.05, 0.1) is 13.7 Å². The van der Waals surface area contributed by atoms with E-state index in [1.54, 1.807) is 7.05 Å². The molecule has 0 aliphatic heterocycles. The lowest BCUT2D eigenvalue weighted by Gasteiger charge is -2.19. The molecule has 0 rings (SSSR count). The highest BCUT2D eigenvalue weighted by molar-refractivity contribution is 5.85. The second kappa shape index (κ2) is 8.49. The second-order valence-electron chi connectivity index (χ2n) is 3.34. The quantitative estimate of drug-likeness (QED) is 0.659. The van der Waals surface area contributed by atoms with Crippen LogP contribution in [0.2, 0.25) is 0 Å². The molecule has 0 saturated carbocycles. The van der Waals surface area contributed by atoms with Crippen molar-refractivity contribution in [3.05, 3.63) is 0 Å². The molecule has 0 aromatic rings. The summed E-state index contributed by atoms with van der Waals surface area (Å²) in [6.07, 6.45) is 0. The van der Waals surface area contributed by atoms with Crippen LogP contribution in [0.25, 0.3) is 0 Å². The smallest absolute Gasteiger partial charge is 0.328 e. The molecule has 0 aliphatic rings. The van der Waals surface area contributed by atoms with Crippen LogP contribution in [0.3, 0.4) is 0 Å². The van der Waals surface area contributed by atoms with Crippen LogP contribution in [-0.4, -0.2) is 38.6 Å². The van der Waals surface area contributed by atoms with Gasteiger partial charge < -0.3 is 15.4 Å². The van der Waals surface area contributed by atoms with Crippen LogP contribution in [0.4, 0.5) is 0 Å². The summed E-state index contributed by atoms with van der Waals surface area (Å²) in [4.78, 5) is 22.4. The minimum absolute atomic E-state index is 0. The lowest BCUT2D eigenvalue weighted by atomic mass is 10.0. The Hall–Kier alpha value is -0.810. The molecule has 0 radical (unpaired) electrons. The minimum atomic E-state index is -0.569. The molecule has 1 unspecified atom stereocenters. The molecule has 0 aromatic carbocycles. The van der Waals surface area contributed by atoms with Crippen molar-refractivity contribution in [2.45, 2.75) is 19.9 Å². The lowest BCUT2D eigenvalue weighted by Crippen LogP contribution is -2.47. The molecular formula is C9H19ClN2O3. The minimum Gasteiger partial charge on any atom is -0.467 e. The number of hydrogen-bond acceptors (Lipinski definition) is 4. The van der Waals surface area contributed by atoms with Crippen LogP contribution in [0.1, 0.15) is 13.8 Å². The summed E-state index contributed by atoms with van der Waals surface area (Å²) in [5.41, 5.74) is 0.